The topological polar surface area (TPSA) is 34.1 Å². The molecule has 0 N–H and O–H groups in total. The van der Waals surface area contributed by atoms with Crippen LogP contribution in [-0.2, 0) is 4.79 Å². The number of hydrogen-bond donors (Lipinski definition) is 0. The summed E-state index contributed by atoms with van der Waals surface area (Å²) in [7, 11) is 0. The molecule has 4 heteroatoms. The van der Waals surface area contributed by atoms with Crippen molar-refractivity contribution < 1.29 is 14.0 Å². The summed E-state index contributed by atoms with van der Waals surface area (Å²) in [5.74, 6) is -0.815. The fraction of sp³-hybridized carbons (Fsp3) is 0.273. The molecule has 2 nitrogen and oxygen atoms in total. The minimum atomic E-state index is -0.416. The highest BCUT2D eigenvalue weighted by Crippen LogP contribution is 2.19. The number of ketones is 2. The van der Waals surface area contributed by atoms with Crippen molar-refractivity contribution in [3.05, 3.63) is 34.1 Å². The number of benzene rings is 1. The van der Waals surface area contributed by atoms with Gasteiger partial charge in [0.15, 0.2) is 5.78 Å². The van der Waals surface area contributed by atoms with Gasteiger partial charge in [-0.3, -0.25) is 9.59 Å². The number of rotatable bonds is 4. The minimum absolute atomic E-state index is 0.115. The number of carbonyl (C=O) groups excluding carboxylic acids is 2. The average Bonchev–Trinajstić information content (AvgIpc) is 2.17. The molecule has 0 aromatic heterocycles. The summed E-state index contributed by atoms with van der Waals surface area (Å²) in [5.41, 5.74) is 0.346. The van der Waals surface area contributed by atoms with Gasteiger partial charge >= 0.3 is 0 Å². The molecule has 0 aliphatic rings. The van der Waals surface area contributed by atoms with Gasteiger partial charge in [0.05, 0.1) is 6.42 Å². The van der Waals surface area contributed by atoms with Crippen LogP contribution in [0.3, 0.4) is 0 Å². The van der Waals surface area contributed by atoms with Gasteiger partial charge in [0.1, 0.15) is 11.6 Å². The smallest absolute Gasteiger partial charge is 0.171 e. The molecule has 1 rings (SSSR count). The van der Waals surface area contributed by atoms with Crippen LogP contribution in [0, 0.1) is 5.82 Å². The Labute approximate surface area is 95.6 Å². The van der Waals surface area contributed by atoms with Crippen LogP contribution in [0.25, 0.3) is 0 Å². The number of carbonyl (C=O) groups is 2. The Balaban J connectivity index is 2.87. The van der Waals surface area contributed by atoms with Gasteiger partial charge in [-0.1, -0.05) is 6.92 Å². The first-order valence-electron chi connectivity index (χ1n) is 4.54. The van der Waals surface area contributed by atoms with E-state index in [2.05, 4.69) is 15.9 Å². The summed E-state index contributed by atoms with van der Waals surface area (Å²) >= 11 is 3.09. The largest absolute Gasteiger partial charge is 0.299 e. The van der Waals surface area contributed by atoms with Gasteiger partial charge in [-0.2, -0.15) is 0 Å². The predicted molar refractivity (Wildman–Crippen MR) is 58.3 cm³/mol. The molecular weight excluding hydrogens is 263 g/mol. The normalized spacial score (nSPS) is 10.1. The highest BCUT2D eigenvalue weighted by molar-refractivity contribution is 9.10. The summed E-state index contributed by atoms with van der Waals surface area (Å²) in [5, 5.41) is 0. The van der Waals surface area contributed by atoms with Crippen LogP contribution in [0.5, 0.6) is 0 Å². The lowest BCUT2D eigenvalue weighted by atomic mass is 10.1. The van der Waals surface area contributed by atoms with E-state index in [1.54, 1.807) is 6.92 Å². The molecule has 0 unspecified atom stereocenters. The number of Topliss-reactive ketones (excluding diaryl/α,β-unsaturated/α-hetero) is 2. The van der Waals surface area contributed by atoms with Crippen LogP contribution in [-0.4, -0.2) is 11.6 Å². The second-order valence-corrected chi connectivity index (χ2v) is 3.97. The van der Waals surface area contributed by atoms with Gasteiger partial charge in [-0.05, 0) is 34.1 Å². The monoisotopic (exact) mass is 272 g/mol. The standard InChI is InChI=1S/C11H10BrFO2/c1-2-8(14)6-11(15)9-4-3-7(13)5-10(9)12/h3-5H,2,6H2,1H3. The average molecular weight is 273 g/mol. The SMILES string of the molecule is CCC(=O)CC(=O)c1ccc(F)cc1Br. The van der Waals surface area contributed by atoms with E-state index >= 15 is 0 Å². The van der Waals surface area contributed by atoms with Crippen molar-refractivity contribution >= 4 is 27.5 Å². The van der Waals surface area contributed by atoms with Gasteiger partial charge in [-0.25, -0.2) is 4.39 Å². The van der Waals surface area contributed by atoms with Crippen molar-refractivity contribution in [1.29, 1.82) is 0 Å². The molecule has 1 aromatic rings. The maximum atomic E-state index is 12.7. The van der Waals surface area contributed by atoms with Crippen LogP contribution in [0.2, 0.25) is 0 Å². The molecule has 0 radical (unpaired) electrons. The third kappa shape index (κ3) is 3.23. The Morgan fingerprint density at radius 3 is 2.60 bits per heavy atom. The summed E-state index contributed by atoms with van der Waals surface area (Å²) in [6, 6.07) is 3.79. The van der Waals surface area contributed by atoms with Gasteiger partial charge < -0.3 is 0 Å². The Kier molecular flexibility index (Phi) is 4.15. The number of hydrogen-bond acceptors (Lipinski definition) is 2. The van der Waals surface area contributed by atoms with Crippen molar-refractivity contribution in [3.8, 4) is 0 Å². The minimum Gasteiger partial charge on any atom is -0.299 e. The Hall–Kier alpha value is -1.03. The molecule has 0 fully saturated rings. The first kappa shape index (κ1) is 12.0. The van der Waals surface area contributed by atoms with Crippen LogP contribution in [0.1, 0.15) is 30.1 Å². The van der Waals surface area contributed by atoms with Crippen LogP contribution in [0.4, 0.5) is 4.39 Å². The molecule has 0 heterocycles. The molecule has 0 bridgehead atoms. The molecule has 15 heavy (non-hydrogen) atoms. The maximum absolute atomic E-state index is 12.7. The lowest BCUT2D eigenvalue weighted by molar-refractivity contribution is -0.117. The zero-order valence-corrected chi connectivity index (χ0v) is 9.80. The van der Waals surface area contributed by atoms with Crippen LogP contribution >= 0.6 is 15.9 Å². The molecule has 0 amide bonds. The van der Waals surface area contributed by atoms with Crippen molar-refractivity contribution in [1.82, 2.24) is 0 Å². The van der Waals surface area contributed by atoms with E-state index in [4.69, 9.17) is 0 Å². The highest BCUT2D eigenvalue weighted by Gasteiger charge is 2.13. The van der Waals surface area contributed by atoms with Gasteiger partial charge in [-0.15, -0.1) is 0 Å². The van der Waals surface area contributed by atoms with E-state index in [-0.39, 0.29) is 18.0 Å². The van der Waals surface area contributed by atoms with Crippen molar-refractivity contribution in [3.63, 3.8) is 0 Å². The quantitative estimate of drug-likeness (QED) is 0.623. The zero-order chi connectivity index (χ0) is 11.4. The van der Waals surface area contributed by atoms with E-state index in [0.29, 0.717) is 16.5 Å². The van der Waals surface area contributed by atoms with E-state index in [0.717, 1.165) is 0 Å². The lowest BCUT2D eigenvalue weighted by Crippen LogP contribution is -2.07. The van der Waals surface area contributed by atoms with E-state index < -0.39 is 5.82 Å². The van der Waals surface area contributed by atoms with Crippen LogP contribution in [0.15, 0.2) is 22.7 Å². The van der Waals surface area contributed by atoms with Gasteiger partial charge in [0.2, 0.25) is 0 Å². The zero-order valence-electron chi connectivity index (χ0n) is 8.22. The summed E-state index contributed by atoms with van der Waals surface area (Å²) in [6.45, 7) is 1.70. The van der Waals surface area contributed by atoms with Crippen molar-refractivity contribution in [2.75, 3.05) is 0 Å². The van der Waals surface area contributed by atoms with Crippen LogP contribution < -0.4 is 0 Å². The summed E-state index contributed by atoms with van der Waals surface area (Å²) in [4.78, 5) is 22.6. The fourth-order valence-electron chi connectivity index (χ4n) is 1.11. The molecule has 0 saturated carbocycles. The molecule has 80 valence electrons. The van der Waals surface area contributed by atoms with E-state index in [1.807, 2.05) is 0 Å². The highest BCUT2D eigenvalue weighted by atomic mass is 79.9. The molecule has 0 aliphatic carbocycles. The van der Waals surface area contributed by atoms with Crippen molar-refractivity contribution in [2.24, 2.45) is 0 Å². The van der Waals surface area contributed by atoms with E-state index in [1.165, 1.54) is 18.2 Å². The second kappa shape index (κ2) is 5.16. The maximum Gasteiger partial charge on any atom is 0.171 e. The van der Waals surface area contributed by atoms with Gasteiger partial charge in [0.25, 0.3) is 0 Å². The molecular formula is C11H10BrFO2. The third-order valence-electron chi connectivity index (χ3n) is 1.98. The van der Waals surface area contributed by atoms with Gasteiger partial charge in [0, 0.05) is 16.5 Å². The van der Waals surface area contributed by atoms with Crippen molar-refractivity contribution in [2.45, 2.75) is 19.8 Å². The molecule has 1 aromatic carbocycles. The fourth-order valence-corrected chi connectivity index (χ4v) is 1.69. The molecule has 0 spiro atoms. The molecule has 0 saturated heterocycles. The Bertz CT molecular complexity index is 402. The molecule has 0 atom stereocenters. The third-order valence-corrected chi connectivity index (χ3v) is 2.64. The Morgan fingerprint density at radius 2 is 2.07 bits per heavy atom. The molecule has 0 aliphatic heterocycles. The first-order chi connectivity index (χ1) is 7.04. The Morgan fingerprint density at radius 1 is 1.40 bits per heavy atom. The van der Waals surface area contributed by atoms with E-state index in [9.17, 15) is 14.0 Å². The summed E-state index contributed by atoms with van der Waals surface area (Å²) in [6.07, 6.45) is 0.214. The second-order valence-electron chi connectivity index (χ2n) is 3.12. The first-order valence-corrected chi connectivity index (χ1v) is 5.34. The summed E-state index contributed by atoms with van der Waals surface area (Å²) < 4.78 is 13.1. The lowest BCUT2D eigenvalue weighted by Gasteiger charge is -2.02. The number of halogens is 2. The predicted octanol–water partition coefficient (Wildman–Crippen LogP) is 3.14.